The number of aromatic nitrogens is 2. The highest BCUT2D eigenvalue weighted by Gasteiger charge is 2.34. The van der Waals surface area contributed by atoms with Gasteiger partial charge in [-0.3, -0.25) is 9.69 Å². The van der Waals surface area contributed by atoms with Crippen molar-refractivity contribution in [3.05, 3.63) is 48.0 Å². The Morgan fingerprint density at radius 3 is 2.87 bits per heavy atom. The Morgan fingerprint density at radius 1 is 1.19 bits per heavy atom. The van der Waals surface area contributed by atoms with E-state index >= 15 is 0 Å². The lowest BCUT2D eigenvalue weighted by atomic mass is 9.86. The topological polar surface area (TPSA) is 50.6 Å². The number of nitrogens with zero attached hydrogens (tertiary/aromatic N) is 4. The highest BCUT2D eigenvalue weighted by Crippen LogP contribution is 2.29. The van der Waals surface area contributed by atoms with Crippen LogP contribution in [0.1, 0.15) is 57.0 Å². The summed E-state index contributed by atoms with van der Waals surface area (Å²) in [4.78, 5) is 22.0. The molecule has 0 unspecified atom stereocenters. The zero-order valence-electron chi connectivity index (χ0n) is 19.2. The number of para-hydroxylation sites is 1. The Balaban J connectivity index is 1.46. The van der Waals surface area contributed by atoms with E-state index in [-0.39, 0.29) is 18.6 Å². The minimum absolute atomic E-state index is 0.0779. The Morgan fingerprint density at radius 2 is 2.03 bits per heavy atom. The van der Waals surface area contributed by atoms with Crippen LogP contribution in [0.5, 0.6) is 5.75 Å². The van der Waals surface area contributed by atoms with E-state index in [0.29, 0.717) is 12.0 Å². The lowest BCUT2D eigenvalue weighted by Gasteiger charge is -2.43. The van der Waals surface area contributed by atoms with Gasteiger partial charge in [0.05, 0.1) is 6.54 Å². The molecule has 0 saturated carbocycles. The van der Waals surface area contributed by atoms with Gasteiger partial charge in [-0.05, 0) is 57.1 Å². The predicted octanol–water partition coefficient (Wildman–Crippen LogP) is 3.92. The molecular weight excluding hydrogens is 388 g/mol. The van der Waals surface area contributed by atoms with Gasteiger partial charge in [-0.1, -0.05) is 24.6 Å². The molecule has 2 aromatic rings. The predicted molar refractivity (Wildman–Crippen MR) is 122 cm³/mol. The van der Waals surface area contributed by atoms with Gasteiger partial charge in [-0.25, -0.2) is 4.98 Å². The van der Waals surface area contributed by atoms with Gasteiger partial charge in [0.25, 0.3) is 5.91 Å². The van der Waals surface area contributed by atoms with Crippen LogP contribution < -0.4 is 4.74 Å². The molecule has 2 aliphatic heterocycles. The molecule has 6 heteroatoms. The first-order chi connectivity index (χ1) is 15.0. The van der Waals surface area contributed by atoms with Crippen molar-refractivity contribution in [1.29, 1.82) is 0 Å². The summed E-state index contributed by atoms with van der Waals surface area (Å²) < 4.78 is 8.20. The van der Waals surface area contributed by atoms with Crippen LogP contribution in [0.3, 0.4) is 0 Å². The van der Waals surface area contributed by atoms with Crippen LogP contribution in [0.4, 0.5) is 0 Å². The van der Waals surface area contributed by atoms with Crippen molar-refractivity contribution in [2.75, 3.05) is 26.7 Å². The van der Waals surface area contributed by atoms with Gasteiger partial charge in [0.15, 0.2) is 6.61 Å². The summed E-state index contributed by atoms with van der Waals surface area (Å²) in [6, 6.07) is 8.84. The average molecular weight is 425 g/mol. The Bertz CT molecular complexity index is 878. The maximum absolute atomic E-state index is 12.9. The number of fused-ring (bicyclic) bond motifs is 2. The quantitative estimate of drug-likeness (QED) is 0.749. The second-order valence-electron chi connectivity index (χ2n) is 9.34. The summed E-state index contributed by atoms with van der Waals surface area (Å²) in [5, 5.41) is 0. The third kappa shape index (κ3) is 5.12. The molecule has 0 N–H and O–H groups in total. The summed E-state index contributed by atoms with van der Waals surface area (Å²) in [5.74, 6) is 2.56. The number of aryl methyl sites for hydroxylation is 1. The van der Waals surface area contributed by atoms with Gasteiger partial charge in [0.1, 0.15) is 11.6 Å². The molecule has 0 bridgehead atoms. The second-order valence-corrected chi connectivity index (χ2v) is 9.34. The fourth-order valence-electron chi connectivity index (χ4n) is 5.17. The van der Waals surface area contributed by atoms with Crippen molar-refractivity contribution in [2.45, 2.75) is 64.6 Å². The van der Waals surface area contributed by atoms with Gasteiger partial charge in [0.2, 0.25) is 0 Å². The summed E-state index contributed by atoms with van der Waals surface area (Å²) in [5.41, 5.74) is 1.21. The smallest absolute Gasteiger partial charge is 0.260 e. The van der Waals surface area contributed by atoms with E-state index in [9.17, 15) is 4.79 Å². The van der Waals surface area contributed by atoms with Gasteiger partial charge in [0, 0.05) is 44.6 Å². The summed E-state index contributed by atoms with van der Waals surface area (Å²) in [7, 11) is 1.96. The number of imidazole rings is 1. The van der Waals surface area contributed by atoms with E-state index in [1.54, 1.807) is 0 Å². The molecule has 0 aliphatic carbocycles. The third-order valence-corrected chi connectivity index (χ3v) is 6.93. The van der Waals surface area contributed by atoms with E-state index < -0.39 is 0 Å². The van der Waals surface area contributed by atoms with Gasteiger partial charge < -0.3 is 14.2 Å². The molecule has 6 nitrogen and oxygen atoms in total. The van der Waals surface area contributed by atoms with E-state index in [1.807, 2.05) is 30.3 Å². The van der Waals surface area contributed by atoms with Crippen LogP contribution in [0.2, 0.25) is 0 Å². The van der Waals surface area contributed by atoms with Crippen LogP contribution in [0.25, 0.3) is 0 Å². The number of ether oxygens (including phenoxy) is 1. The lowest BCUT2D eigenvalue weighted by Crippen LogP contribution is -2.52. The summed E-state index contributed by atoms with van der Waals surface area (Å²) in [6.07, 6.45) is 9.47. The fourth-order valence-corrected chi connectivity index (χ4v) is 5.17. The zero-order valence-corrected chi connectivity index (χ0v) is 19.2. The molecule has 0 spiro atoms. The van der Waals surface area contributed by atoms with E-state index in [4.69, 9.17) is 4.74 Å². The average Bonchev–Trinajstić information content (AvgIpc) is 3.23. The largest absolute Gasteiger partial charge is 0.483 e. The number of likely N-dealkylation sites (N-methyl/N-ethyl adjacent to an activating group) is 1. The number of carbonyl (C=O) groups is 1. The van der Waals surface area contributed by atoms with E-state index in [0.717, 1.165) is 56.9 Å². The second kappa shape index (κ2) is 9.86. The Hall–Kier alpha value is -2.34. The highest BCUT2D eigenvalue weighted by molar-refractivity contribution is 5.78. The molecule has 2 atom stereocenters. The molecule has 4 rings (SSSR count). The van der Waals surface area contributed by atoms with Crippen molar-refractivity contribution >= 4 is 5.91 Å². The van der Waals surface area contributed by atoms with Crippen LogP contribution >= 0.6 is 0 Å². The molecule has 31 heavy (non-hydrogen) atoms. The number of hydrogen-bond donors (Lipinski definition) is 0. The number of likely N-dealkylation sites (tertiary alicyclic amines) is 1. The number of rotatable bonds is 3. The molecule has 1 aromatic carbocycles. The molecule has 3 heterocycles. The zero-order chi connectivity index (χ0) is 21.8. The van der Waals surface area contributed by atoms with E-state index in [1.165, 1.54) is 12.0 Å². The minimum atomic E-state index is 0.0779. The number of carbonyl (C=O) groups excluding carboxylic acids is 1. The van der Waals surface area contributed by atoms with Crippen molar-refractivity contribution in [3.8, 4) is 5.75 Å². The van der Waals surface area contributed by atoms with Crippen LogP contribution in [0.15, 0.2) is 36.7 Å². The van der Waals surface area contributed by atoms with Crippen LogP contribution in [0, 0.1) is 5.92 Å². The summed E-state index contributed by atoms with van der Waals surface area (Å²) >= 11 is 0. The SMILES string of the molecule is CC(C)n1ccnc1CN1CC[C@@H]2[C@@H](CCCCc3ccccc3OCC(=O)N2C)C1. The fraction of sp³-hybridized carbons (Fsp3) is 0.600. The molecule has 168 valence electrons. The van der Waals surface area contributed by atoms with E-state index in [2.05, 4.69) is 46.6 Å². The Labute approximate surface area is 186 Å². The molecule has 1 saturated heterocycles. The third-order valence-electron chi connectivity index (χ3n) is 6.93. The highest BCUT2D eigenvalue weighted by atomic mass is 16.5. The maximum atomic E-state index is 12.9. The molecule has 2 aliphatic rings. The van der Waals surface area contributed by atoms with Crippen molar-refractivity contribution in [3.63, 3.8) is 0 Å². The lowest BCUT2D eigenvalue weighted by molar-refractivity contribution is -0.136. The number of benzene rings is 1. The number of amides is 1. The Kier molecular flexibility index (Phi) is 6.96. The summed E-state index contributed by atoms with van der Waals surface area (Å²) in [6.45, 7) is 7.41. The monoisotopic (exact) mass is 424 g/mol. The molecule has 1 fully saturated rings. The standard InChI is InChI=1S/C25H36N4O2/c1-19(2)29-15-13-26-24(29)17-28-14-12-22-21(16-28)10-5-4-8-20-9-6-7-11-23(20)31-18-25(30)27(22)3/h6-7,9,11,13,15,19,21-22H,4-5,8,10,12,14,16-18H2,1-3H3/t21-,22+/m0/s1. The molecular formula is C25H36N4O2. The minimum Gasteiger partial charge on any atom is -0.483 e. The first-order valence-electron chi connectivity index (χ1n) is 11.7. The maximum Gasteiger partial charge on any atom is 0.260 e. The van der Waals surface area contributed by atoms with Crippen molar-refractivity contribution < 1.29 is 9.53 Å². The van der Waals surface area contributed by atoms with Gasteiger partial charge in [-0.15, -0.1) is 0 Å². The molecule has 1 amide bonds. The van der Waals surface area contributed by atoms with Crippen molar-refractivity contribution in [2.24, 2.45) is 5.92 Å². The molecule has 0 radical (unpaired) electrons. The van der Waals surface area contributed by atoms with Crippen LogP contribution in [-0.2, 0) is 17.8 Å². The van der Waals surface area contributed by atoms with Gasteiger partial charge in [-0.2, -0.15) is 0 Å². The first kappa shape index (κ1) is 21.9. The number of piperidine rings is 1. The van der Waals surface area contributed by atoms with Crippen molar-refractivity contribution in [1.82, 2.24) is 19.4 Å². The normalized spacial score (nSPS) is 23.5. The van der Waals surface area contributed by atoms with Gasteiger partial charge >= 0.3 is 0 Å². The van der Waals surface area contributed by atoms with Crippen LogP contribution in [-0.4, -0.2) is 58.0 Å². The molecule has 1 aromatic heterocycles. The first-order valence-corrected chi connectivity index (χ1v) is 11.7. The number of hydrogen-bond acceptors (Lipinski definition) is 4.